The second-order valence-electron chi connectivity index (χ2n) is 3.78. The average molecular weight is 279 g/mol. The number of nitriles is 1. The lowest BCUT2D eigenvalue weighted by atomic mass is 10.1. The van der Waals surface area contributed by atoms with Crippen molar-refractivity contribution in [3.63, 3.8) is 0 Å². The summed E-state index contributed by atoms with van der Waals surface area (Å²) in [6.07, 6.45) is 0. The first-order valence-electron chi connectivity index (χ1n) is 5.36. The van der Waals surface area contributed by atoms with Crippen LogP contribution in [0.2, 0.25) is 0 Å². The Kier molecular flexibility index (Phi) is 4.13. The predicted molar refractivity (Wildman–Crippen MR) is 67.0 cm³/mol. The summed E-state index contributed by atoms with van der Waals surface area (Å²) < 4.78 is 39.2. The second kappa shape index (κ2) is 5.81. The zero-order chi connectivity index (χ0) is 13.8. The SMILES string of the molecule is N#Cc1ccc(F)c(CSc2ccc(F)c(F)c2)c1. The minimum absolute atomic E-state index is 0.242. The van der Waals surface area contributed by atoms with Crippen molar-refractivity contribution < 1.29 is 13.2 Å². The lowest BCUT2D eigenvalue weighted by Crippen LogP contribution is -1.90. The first-order valence-corrected chi connectivity index (χ1v) is 6.35. The third kappa shape index (κ3) is 3.30. The maximum absolute atomic E-state index is 13.5. The summed E-state index contributed by atoms with van der Waals surface area (Å²) >= 11 is 1.17. The molecule has 0 spiro atoms. The zero-order valence-corrected chi connectivity index (χ0v) is 10.5. The van der Waals surface area contributed by atoms with Crippen molar-refractivity contribution in [2.45, 2.75) is 10.6 Å². The van der Waals surface area contributed by atoms with E-state index in [4.69, 9.17) is 5.26 Å². The summed E-state index contributed by atoms with van der Waals surface area (Å²) in [5.41, 5.74) is 0.719. The van der Waals surface area contributed by atoms with Crippen molar-refractivity contribution >= 4 is 11.8 Å². The molecular formula is C14H8F3NS. The molecule has 0 aromatic heterocycles. The van der Waals surface area contributed by atoms with E-state index in [2.05, 4.69) is 0 Å². The van der Waals surface area contributed by atoms with Gasteiger partial charge >= 0.3 is 0 Å². The molecule has 2 aromatic carbocycles. The molecular weight excluding hydrogens is 271 g/mol. The zero-order valence-electron chi connectivity index (χ0n) is 9.66. The monoisotopic (exact) mass is 279 g/mol. The molecule has 2 aromatic rings. The summed E-state index contributed by atoms with van der Waals surface area (Å²) in [6, 6.07) is 9.50. The summed E-state index contributed by atoms with van der Waals surface area (Å²) in [5, 5.41) is 8.73. The standard InChI is InChI=1S/C14H8F3NS/c15-12-3-1-9(7-18)5-10(12)8-19-11-2-4-13(16)14(17)6-11/h1-6H,8H2. The molecule has 0 fully saturated rings. The van der Waals surface area contributed by atoms with Gasteiger partial charge in [-0.2, -0.15) is 5.26 Å². The highest BCUT2D eigenvalue weighted by atomic mass is 32.2. The van der Waals surface area contributed by atoms with Gasteiger partial charge in [0.2, 0.25) is 0 Å². The Labute approximate surface area is 112 Å². The molecule has 1 nitrogen and oxygen atoms in total. The summed E-state index contributed by atoms with van der Waals surface area (Å²) in [6.45, 7) is 0. The van der Waals surface area contributed by atoms with Gasteiger partial charge in [-0.15, -0.1) is 11.8 Å². The molecule has 0 amide bonds. The average Bonchev–Trinajstić information content (AvgIpc) is 2.41. The number of thioether (sulfide) groups is 1. The number of rotatable bonds is 3. The molecule has 0 atom stereocenters. The molecule has 2 rings (SSSR count). The van der Waals surface area contributed by atoms with Gasteiger partial charge in [-0.25, -0.2) is 13.2 Å². The Morgan fingerprint density at radius 3 is 2.37 bits per heavy atom. The van der Waals surface area contributed by atoms with Crippen LogP contribution in [0.25, 0.3) is 0 Å². The van der Waals surface area contributed by atoms with Crippen LogP contribution < -0.4 is 0 Å². The number of hydrogen-bond acceptors (Lipinski definition) is 2. The largest absolute Gasteiger partial charge is 0.207 e. The normalized spacial score (nSPS) is 10.2. The van der Waals surface area contributed by atoms with Gasteiger partial charge in [0.15, 0.2) is 11.6 Å². The highest BCUT2D eigenvalue weighted by Gasteiger charge is 2.07. The van der Waals surface area contributed by atoms with Crippen molar-refractivity contribution in [3.05, 3.63) is 65.0 Å². The third-order valence-corrected chi connectivity index (χ3v) is 3.50. The minimum Gasteiger partial charge on any atom is -0.207 e. The molecule has 0 heterocycles. The van der Waals surface area contributed by atoms with Crippen LogP contribution in [0.3, 0.4) is 0 Å². The molecule has 0 bridgehead atoms. The van der Waals surface area contributed by atoms with Crippen LogP contribution in [0.5, 0.6) is 0 Å². The molecule has 0 aliphatic carbocycles. The number of nitrogens with zero attached hydrogens (tertiary/aromatic N) is 1. The van der Waals surface area contributed by atoms with Gasteiger partial charge < -0.3 is 0 Å². The highest BCUT2D eigenvalue weighted by molar-refractivity contribution is 7.98. The molecule has 96 valence electrons. The van der Waals surface area contributed by atoms with E-state index in [1.165, 1.54) is 36.0 Å². The molecule has 5 heteroatoms. The van der Waals surface area contributed by atoms with Crippen molar-refractivity contribution in [2.75, 3.05) is 0 Å². The van der Waals surface area contributed by atoms with Gasteiger partial charge in [0.25, 0.3) is 0 Å². The summed E-state index contributed by atoms with van der Waals surface area (Å²) in [7, 11) is 0. The Morgan fingerprint density at radius 1 is 0.947 bits per heavy atom. The predicted octanol–water partition coefficient (Wildman–Crippen LogP) is 4.27. The third-order valence-electron chi connectivity index (χ3n) is 2.46. The lowest BCUT2D eigenvalue weighted by Gasteiger charge is -2.04. The van der Waals surface area contributed by atoms with E-state index >= 15 is 0 Å². The molecule has 19 heavy (non-hydrogen) atoms. The van der Waals surface area contributed by atoms with Gasteiger partial charge in [-0.1, -0.05) is 0 Å². The van der Waals surface area contributed by atoms with Gasteiger partial charge in [-0.05, 0) is 42.0 Å². The van der Waals surface area contributed by atoms with Gasteiger partial charge in [-0.3, -0.25) is 0 Å². The van der Waals surface area contributed by atoms with Crippen LogP contribution in [0.15, 0.2) is 41.3 Å². The van der Waals surface area contributed by atoms with Crippen LogP contribution in [0.1, 0.15) is 11.1 Å². The van der Waals surface area contributed by atoms with E-state index in [-0.39, 0.29) is 5.75 Å². The quantitative estimate of drug-likeness (QED) is 0.783. The Bertz CT molecular complexity index is 650. The fraction of sp³-hybridized carbons (Fsp3) is 0.0714. The van der Waals surface area contributed by atoms with Gasteiger partial charge in [0.05, 0.1) is 11.6 Å². The molecule has 0 unspecified atom stereocenters. The fourth-order valence-corrected chi connectivity index (χ4v) is 2.38. The van der Waals surface area contributed by atoms with E-state index in [9.17, 15) is 13.2 Å². The molecule has 0 saturated heterocycles. The van der Waals surface area contributed by atoms with Crippen LogP contribution in [0.4, 0.5) is 13.2 Å². The minimum atomic E-state index is -0.934. The Morgan fingerprint density at radius 2 is 1.68 bits per heavy atom. The van der Waals surface area contributed by atoms with Crippen molar-refractivity contribution in [1.82, 2.24) is 0 Å². The van der Waals surface area contributed by atoms with Gasteiger partial charge in [0, 0.05) is 10.6 Å². The number of hydrogen-bond donors (Lipinski definition) is 0. The first-order chi connectivity index (χ1) is 9.10. The maximum atomic E-state index is 13.5. The first kappa shape index (κ1) is 13.5. The number of halogens is 3. The lowest BCUT2D eigenvalue weighted by molar-refractivity contribution is 0.506. The van der Waals surface area contributed by atoms with Crippen LogP contribution >= 0.6 is 11.8 Å². The van der Waals surface area contributed by atoms with E-state index in [1.54, 1.807) is 0 Å². The summed E-state index contributed by atoms with van der Waals surface area (Å²) in [4.78, 5) is 0.501. The summed E-state index contributed by atoms with van der Waals surface area (Å²) in [5.74, 6) is -2.03. The van der Waals surface area contributed by atoms with E-state index < -0.39 is 17.5 Å². The fourth-order valence-electron chi connectivity index (χ4n) is 1.48. The highest BCUT2D eigenvalue weighted by Crippen LogP contribution is 2.25. The maximum Gasteiger partial charge on any atom is 0.159 e. The molecule has 0 radical (unpaired) electrons. The molecule has 0 aliphatic heterocycles. The van der Waals surface area contributed by atoms with Crippen molar-refractivity contribution in [1.29, 1.82) is 5.26 Å². The van der Waals surface area contributed by atoms with Gasteiger partial charge in [0.1, 0.15) is 5.82 Å². The van der Waals surface area contributed by atoms with Crippen LogP contribution in [-0.2, 0) is 5.75 Å². The van der Waals surface area contributed by atoms with Crippen molar-refractivity contribution in [2.24, 2.45) is 0 Å². The number of benzene rings is 2. The van der Waals surface area contributed by atoms with E-state index in [1.807, 2.05) is 6.07 Å². The van der Waals surface area contributed by atoms with Crippen LogP contribution in [-0.4, -0.2) is 0 Å². The Hall–Kier alpha value is -1.93. The van der Waals surface area contributed by atoms with E-state index in [0.717, 1.165) is 12.1 Å². The molecule has 0 N–H and O–H groups in total. The van der Waals surface area contributed by atoms with E-state index in [0.29, 0.717) is 16.0 Å². The Balaban J connectivity index is 2.14. The van der Waals surface area contributed by atoms with Crippen LogP contribution in [0, 0.1) is 28.8 Å². The second-order valence-corrected chi connectivity index (χ2v) is 4.83. The smallest absolute Gasteiger partial charge is 0.159 e. The topological polar surface area (TPSA) is 23.8 Å². The molecule has 0 aliphatic rings. The molecule has 0 saturated carbocycles. The van der Waals surface area contributed by atoms with Crippen molar-refractivity contribution in [3.8, 4) is 6.07 Å².